The molecule has 0 spiro atoms. The van der Waals surface area contributed by atoms with Crippen molar-refractivity contribution < 1.29 is 19.1 Å². The highest BCUT2D eigenvalue weighted by Gasteiger charge is 2.13. The Morgan fingerprint density at radius 1 is 0.875 bits per heavy atom. The molecule has 3 aromatic carbocycles. The molecule has 0 saturated heterocycles. The van der Waals surface area contributed by atoms with Crippen LogP contribution in [0.25, 0.3) is 22.0 Å². The van der Waals surface area contributed by atoms with E-state index in [1.54, 1.807) is 18.2 Å². The van der Waals surface area contributed by atoms with Gasteiger partial charge in [-0.05, 0) is 35.9 Å². The minimum atomic E-state index is -0.215. The molecule has 32 heavy (non-hydrogen) atoms. The zero-order chi connectivity index (χ0) is 22.5. The number of nitrogens with one attached hydrogen (secondary N) is 2. The molecule has 0 atom stereocenters. The maximum Gasteiger partial charge on any atom is 0.224 e. The number of fused-ring (bicyclic) bond motifs is 1. The number of carbonyl (C=O) groups is 2. The van der Waals surface area contributed by atoms with Crippen LogP contribution in [0.15, 0.2) is 72.9 Å². The van der Waals surface area contributed by atoms with E-state index < -0.39 is 0 Å². The predicted octanol–water partition coefficient (Wildman–Crippen LogP) is 5.45. The van der Waals surface area contributed by atoms with E-state index in [0.29, 0.717) is 22.7 Å². The number of benzene rings is 3. The summed E-state index contributed by atoms with van der Waals surface area (Å²) in [6.07, 6.45) is 2.16. The van der Waals surface area contributed by atoms with Gasteiger partial charge in [-0.15, -0.1) is 0 Å². The van der Waals surface area contributed by atoms with Gasteiger partial charge in [-0.2, -0.15) is 0 Å². The number of hydrogen-bond acceptors (Lipinski definition) is 4. The van der Waals surface area contributed by atoms with Crippen molar-refractivity contribution in [1.82, 2.24) is 4.98 Å². The maximum absolute atomic E-state index is 12.5. The number of aromatic nitrogens is 1. The summed E-state index contributed by atoms with van der Waals surface area (Å²) < 4.78 is 10.4. The van der Waals surface area contributed by atoms with Crippen molar-refractivity contribution in [1.29, 1.82) is 0 Å². The third-order valence-electron chi connectivity index (χ3n) is 5.33. The SMILES string of the molecule is COc1ccc(C(=O)CCC(=O)Nc2ccc3c(-c4ccccc4)c[nH]c3c2)cc1OC. The van der Waals surface area contributed by atoms with Crippen LogP contribution < -0.4 is 14.8 Å². The lowest BCUT2D eigenvalue weighted by Crippen LogP contribution is -2.13. The molecule has 0 bridgehead atoms. The van der Waals surface area contributed by atoms with Gasteiger partial charge in [-0.1, -0.05) is 36.4 Å². The monoisotopic (exact) mass is 428 g/mol. The maximum atomic E-state index is 12.5. The van der Waals surface area contributed by atoms with Gasteiger partial charge in [0.1, 0.15) is 0 Å². The highest BCUT2D eigenvalue weighted by atomic mass is 16.5. The summed E-state index contributed by atoms with van der Waals surface area (Å²) in [6.45, 7) is 0. The van der Waals surface area contributed by atoms with E-state index in [9.17, 15) is 9.59 Å². The Bertz CT molecular complexity index is 1260. The van der Waals surface area contributed by atoms with Crippen LogP contribution in [0.3, 0.4) is 0 Å². The van der Waals surface area contributed by atoms with Gasteiger partial charge in [0.2, 0.25) is 5.91 Å². The quantitative estimate of drug-likeness (QED) is 0.366. The van der Waals surface area contributed by atoms with Gasteiger partial charge in [0, 0.05) is 46.8 Å². The van der Waals surface area contributed by atoms with Gasteiger partial charge < -0.3 is 19.8 Å². The van der Waals surface area contributed by atoms with E-state index >= 15 is 0 Å². The second kappa shape index (κ2) is 9.39. The van der Waals surface area contributed by atoms with Crippen molar-refractivity contribution in [3.8, 4) is 22.6 Å². The molecule has 4 rings (SSSR count). The molecular weight excluding hydrogens is 404 g/mol. The second-order valence-corrected chi connectivity index (χ2v) is 7.37. The molecule has 1 heterocycles. The Morgan fingerprint density at radius 2 is 1.66 bits per heavy atom. The first-order valence-electron chi connectivity index (χ1n) is 10.3. The van der Waals surface area contributed by atoms with Crippen LogP contribution in [0.2, 0.25) is 0 Å². The Kier molecular flexibility index (Phi) is 6.22. The van der Waals surface area contributed by atoms with Crippen LogP contribution in [0, 0.1) is 0 Å². The highest BCUT2D eigenvalue weighted by Crippen LogP contribution is 2.30. The van der Waals surface area contributed by atoms with Crippen molar-refractivity contribution in [3.05, 3.63) is 78.5 Å². The molecule has 0 aliphatic carbocycles. The number of aromatic amines is 1. The smallest absolute Gasteiger partial charge is 0.224 e. The van der Waals surface area contributed by atoms with Crippen molar-refractivity contribution in [2.75, 3.05) is 19.5 Å². The van der Waals surface area contributed by atoms with Crippen molar-refractivity contribution in [2.24, 2.45) is 0 Å². The molecule has 0 radical (unpaired) electrons. The average molecular weight is 428 g/mol. The van der Waals surface area contributed by atoms with Crippen LogP contribution in [0.1, 0.15) is 23.2 Å². The standard InChI is InChI=1S/C26H24N2O4/c1-31-24-12-8-18(14-25(24)32-2)23(29)11-13-26(30)28-19-9-10-20-21(16-27-22(20)15-19)17-6-4-3-5-7-17/h3-10,12,14-16,27H,11,13H2,1-2H3,(H,28,30). The number of amides is 1. The summed E-state index contributed by atoms with van der Waals surface area (Å²) in [6, 6.07) is 20.9. The van der Waals surface area contributed by atoms with E-state index in [2.05, 4.69) is 22.4 Å². The molecule has 2 N–H and O–H groups in total. The van der Waals surface area contributed by atoms with Crippen molar-refractivity contribution >= 4 is 28.3 Å². The van der Waals surface area contributed by atoms with Crippen molar-refractivity contribution in [3.63, 3.8) is 0 Å². The second-order valence-electron chi connectivity index (χ2n) is 7.37. The van der Waals surface area contributed by atoms with Gasteiger partial charge in [-0.25, -0.2) is 0 Å². The Morgan fingerprint density at radius 3 is 2.41 bits per heavy atom. The fourth-order valence-corrected chi connectivity index (χ4v) is 3.67. The predicted molar refractivity (Wildman–Crippen MR) is 125 cm³/mol. The summed E-state index contributed by atoms with van der Waals surface area (Å²) >= 11 is 0. The minimum Gasteiger partial charge on any atom is -0.493 e. The molecule has 0 aliphatic rings. The number of carbonyl (C=O) groups excluding carboxylic acids is 2. The Labute approximate surface area is 186 Å². The van der Waals surface area contributed by atoms with Crippen LogP contribution in [0.4, 0.5) is 5.69 Å². The third-order valence-corrected chi connectivity index (χ3v) is 5.33. The summed E-state index contributed by atoms with van der Waals surface area (Å²) in [5, 5.41) is 3.96. The fourth-order valence-electron chi connectivity index (χ4n) is 3.67. The largest absolute Gasteiger partial charge is 0.493 e. The molecule has 6 nitrogen and oxygen atoms in total. The van der Waals surface area contributed by atoms with E-state index in [4.69, 9.17) is 9.47 Å². The van der Waals surface area contributed by atoms with Gasteiger partial charge >= 0.3 is 0 Å². The number of H-pyrrole nitrogens is 1. The number of rotatable bonds is 8. The zero-order valence-corrected chi connectivity index (χ0v) is 18.0. The molecule has 6 heteroatoms. The number of anilines is 1. The number of Topliss-reactive ketones (excluding diaryl/α,β-unsaturated/α-hetero) is 1. The first-order chi connectivity index (χ1) is 15.6. The average Bonchev–Trinajstić information content (AvgIpc) is 3.26. The normalized spacial score (nSPS) is 10.7. The molecular formula is C26H24N2O4. The first kappa shape index (κ1) is 21.2. The zero-order valence-electron chi connectivity index (χ0n) is 18.0. The summed E-state index contributed by atoms with van der Waals surface area (Å²) in [5.74, 6) is 0.690. The topological polar surface area (TPSA) is 80.4 Å². The van der Waals surface area contributed by atoms with E-state index in [0.717, 1.165) is 22.0 Å². The summed E-state index contributed by atoms with van der Waals surface area (Å²) in [4.78, 5) is 28.2. The van der Waals surface area contributed by atoms with E-state index in [-0.39, 0.29) is 24.5 Å². The lowest BCUT2D eigenvalue weighted by Gasteiger charge is -2.09. The highest BCUT2D eigenvalue weighted by molar-refractivity contribution is 6.02. The molecule has 0 aliphatic heterocycles. The molecule has 0 saturated carbocycles. The van der Waals surface area contributed by atoms with Gasteiger partial charge in [0.05, 0.1) is 14.2 Å². The minimum absolute atomic E-state index is 0.0885. The van der Waals surface area contributed by atoms with Crippen LogP contribution >= 0.6 is 0 Å². The van der Waals surface area contributed by atoms with Gasteiger partial charge in [0.25, 0.3) is 0 Å². The Balaban J connectivity index is 1.39. The lowest BCUT2D eigenvalue weighted by molar-refractivity contribution is -0.116. The molecule has 1 aromatic heterocycles. The number of ether oxygens (including phenoxy) is 2. The molecule has 4 aromatic rings. The lowest BCUT2D eigenvalue weighted by atomic mass is 10.0. The summed E-state index contributed by atoms with van der Waals surface area (Å²) in [5.41, 5.74) is 4.34. The first-order valence-corrected chi connectivity index (χ1v) is 10.3. The number of ketones is 1. The van der Waals surface area contributed by atoms with E-state index in [1.807, 2.05) is 42.6 Å². The molecule has 0 fully saturated rings. The molecule has 162 valence electrons. The van der Waals surface area contributed by atoms with Gasteiger partial charge in [-0.3, -0.25) is 9.59 Å². The Hall–Kier alpha value is -4.06. The molecule has 0 unspecified atom stereocenters. The summed E-state index contributed by atoms with van der Waals surface area (Å²) in [7, 11) is 3.06. The van der Waals surface area contributed by atoms with Crippen LogP contribution in [-0.2, 0) is 4.79 Å². The third kappa shape index (κ3) is 4.49. The van der Waals surface area contributed by atoms with Crippen molar-refractivity contribution in [2.45, 2.75) is 12.8 Å². The number of methoxy groups -OCH3 is 2. The van der Waals surface area contributed by atoms with Gasteiger partial charge in [0.15, 0.2) is 17.3 Å². The van der Waals surface area contributed by atoms with E-state index in [1.165, 1.54) is 14.2 Å². The number of hydrogen-bond donors (Lipinski definition) is 2. The van der Waals surface area contributed by atoms with Crippen LogP contribution in [0.5, 0.6) is 11.5 Å². The molecule has 1 amide bonds. The fraction of sp³-hybridized carbons (Fsp3) is 0.154. The van der Waals surface area contributed by atoms with Crippen LogP contribution in [-0.4, -0.2) is 30.9 Å².